The highest BCUT2D eigenvalue weighted by molar-refractivity contribution is 5.92. The van der Waals surface area contributed by atoms with Gasteiger partial charge >= 0.3 is 6.18 Å². The second-order valence-corrected chi connectivity index (χ2v) is 8.37. The molecule has 1 aromatic heterocycles. The molecule has 2 unspecified atom stereocenters. The van der Waals surface area contributed by atoms with Crippen LogP contribution in [0.1, 0.15) is 37.4 Å². The molecule has 3 aromatic rings. The number of fused-ring (bicyclic) bond motifs is 2. The quantitative estimate of drug-likeness (QED) is 0.603. The molecule has 1 heterocycles. The third-order valence-corrected chi connectivity index (χ3v) is 5.90. The lowest BCUT2D eigenvalue weighted by Gasteiger charge is -2.49. The van der Waals surface area contributed by atoms with E-state index in [2.05, 4.69) is 10.3 Å². The second-order valence-electron chi connectivity index (χ2n) is 8.37. The molecule has 2 atom stereocenters. The van der Waals surface area contributed by atoms with E-state index >= 15 is 0 Å². The number of methoxy groups -OCH3 is 1. The van der Waals surface area contributed by atoms with E-state index in [1.54, 1.807) is 56.3 Å². The molecular weight excluding hydrogens is 393 g/mol. The topological polar surface area (TPSA) is 54.4 Å². The van der Waals surface area contributed by atoms with Gasteiger partial charge in [0.2, 0.25) is 5.88 Å². The second kappa shape index (κ2) is 6.87. The Morgan fingerprint density at radius 1 is 1.07 bits per heavy atom. The lowest BCUT2D eigenvalue weighted by molar-refractivity contribution is -0.275. The van der Waals surface area contributed by atoms with Crippen LogP contribution in [0.5, 0.6) is 5.88 Å². The number of hydrogen-bond acceptors (Lipinski definition) is 4. The molecule has 2 N–H and O–H groups in total. The first-order valence-electron chi connectivity index (χ1n) is 9.66. The smallest absolute Gasteiger partial charge is 0.419 e. The first-order valence-corrected chi connectivity index (χ1v) is 9.66. The van der Waals surface area contributed by atoms with Crippen molar-refractivity contribution in [3.05, 3.63) is 65.7 Å². The summed E-state index contributed by atoms with van der Waals surface area (Å²) in [6.07, 6.45) is -5.27. The van der Waals surface area contributed by atoms with E-state index in [0.717, 1.165) is 5.56 Å². The largest absolute Gasteiger partial charge is 0.481 e. The minimum atomic E-state index is -4.82. The number of aromatic nitrogens is 1. The number of nitrogens with one attached hydrogen (secondary N) is 1. The van der Waals surface area contributed by atoms with Crippen LogP contribution in [0.2, 0.25) is 0 Å². The number of ether oxygens (including phenoxy) is 1. The SMILES string of the molecule is COc1ccc2c(NC3c4ccccc4C(C)(C)CC3(O)C(F)(F)F)cccc2n1. The maximum Gasteiger partial charge on any atom is 0.419 e. The average molecular weight is 416 g/mol. The average Bonchev–Trinajstić information content (AvgIpc) is 2.69. The van der Waals surface area contributed by atoms with Crippen molar-refractivity contribution in [1.29, 1.82) is 0 Å². The Balaban J connectivity index is 1.88. The number of rotatable bonds is 3. The third-order valence-electron chi connectivity index (χ3n) is 5.90. The zero-order chi connectivity index (χ0) is 21.7. The van der Waals surface area contributed by atoms with Gasteiger partial charge in [-0.1, -0.05) is 44.2 Å². The summed E-state index contributed by atoms with van der Waals surface area (Å²) in [6, 6.07) is 14.2. The number of alkyl halides is 3. The zero-order valence-corrected chi connectivity index (χ0v) is 16.9. The number of anilines is 1. The molecule has 1 aliphatic carbocycles. The summed E-state index contributed by atoms with van der Waals surface area (Å²) in [4.78, 5) is 4.35. The Kier molecular flexibility index (Phi) is 4.69. The minimum Gasteiger partial charge on any atom is -0.481 e. The molecule has 2 aromatic carbocycles. The molecule has 0 saturated heterocycles. The fourth-order valence-corrected chi connectivity index (χ4v) is 4.49. The van der Waals surface area contributed by atoms with Gasteiger partial charge in [-0.05, 0) is 41.2 Å². The Morgan fingerprint density at radius 3 is 2.50 bits per heavy atom. The number of benzene rings is 2. The first kappa shape index (κ1) is 20.5. The van der Waals surface area contributed by atoms with E-state index in [1.807, 2.05) is 12.1 Å². The van der Waals surface area contributed by atoms with Gasteiger partial charge in [0.15, 0.2) is 5.60 Å². The summed E-state index contributed by atoms with van der Waals surface area (Å²) in [7, 11) is 1.50. The van der Waals surface area contributed by atoms with E-state index in [-0.39, 0.29) is 0 Å². The molecule has 7 heteroatoms. The number of aliphatic hydroxyl groups is 1. The summed E-state index contributed by atoms with van der Waals surface area (Å²) in [5.74, 6) is 0.413. The lowest BCUT2D eigenvalue weighted by atomic mass is 9.63. The van der Waals surface area contributed by atoms with E-state index in [0.29, 0.717) is 28.0 Å². The number of halogens is 3. The van der Waals surface area contributed by atoms with Crippen LogP contribution in [0.4, 0.5) is 18.9 Å². The molecule has 4 nitrogen and oxygen atoms in total. The maximum atomic E-state index is 14.2. The van der Waals surface area contributed by atoms with Crippen molar-refractivity contribution in [3.63, 3.8) is 0 Å². The monoisotopic (exact) mass is 416 g/mol. The Morgan fingerprint density at radius 2 is 1.80 bits per heavy atom. The maximum absolute atomic E-state index is 14.2. The van der Waals surface area contributed by atoms with Crippen LogP contribution < -0.4 is 10.1 Å². The van der Waals surface area contributed by atoms with Crippen molar-refractivity contribution in [2.75, 3.05) is 12.4 Å². The highest BCUT2D eigenvalue weighted by atomic mass is 19.4. The van der Waals surface area contributed by atoms with Crippen molar-refractivity contribution < 1.29 is 23.0 Å². The Bertz CT molecular complexity index is 1100. The molecule has 0 amide bonds. The Labute approximate surface area is 172 Å². The molecule has 0 bridgehead atoms. The molecule has 0 spiro atoms. The molecule has 0 fully saturated rings. The highest BCUT2D eigenvalue weighted by Crippen LogP contribution is 2.54. The molecule has 1 aliphatic rings. The zero-order valence-electron chi connectivity index (χ0n) is 16.9. The van der Waals surface area contributed by atoms with E-state index in [9.17, 15) is 18.3 Å². The molecule has 158 valence electrons. The first-order chi connectivity index (χ1) is 14.1. The molecule has 0 radical (unpaired) electrons. The Hall–Kier alpha value is -2.80. The summed E-state index contributed by atoms with van der Waals surface area (Å²) >= 11 is 0. The standard InChI is InChI=1S/C23H23F3N2O2/c1-21(2)13-22(29,23(24,25)26)20(14-7-4-5-8-16(14)21)28-18-10-6-9-17-15(18)11-12-19(27-17)30-3/h4-12,20,28-29H,13H2,1-3H3. The van der Waals surface area contributed by atoms with Gasteiger partial charge in [0.1, 0.15) is 0 Å². The van der Waals surface area contributed by atoms with Crippen molar-refractivity contribution in [2.45, 2.75) is 43.5 Å². The minimum absolute atomic E-state index is 0.413. The highest BCUT2D eigenvalue weighted by Gasteiger charge is 2.63. The van der Waals surface area contributed by atoms with Crippen LogP contribution in [0, 0.1) is 0 Å². The fraction of sp³-hybridized carbons (Fsp3) is 0.348. The molecule has 0 saturated carbocycles. The van der Waals surface area contributed by atoms with Gasteiger partial charge in [0, 0.05) is 17.1 Å². The van der Waals surface area contributed by atoms with E-state index in [1.165, 1.54) is 7.11 Å². The third kappa shape index (κ3) is 3.17. The predicted octanol–water partition coefficient (Wildman–Crippen LogP) is 5.37. The van der Waals surface area contributed by atoms with Gasteiger partial charge in [0.05, 0.1) is 18.7 Å². The molecule has 4 rings (SSSR count). The lowest BCUT2D eigenvalue weighted by Crippen LogP contribution is -2.58. The van der Waals surface area contributed by atoms with Gasteiger partial charge in [-0.15, -0.1) is 0 Å². The van der Waals surface area contributed by atoms with Crippen molar-refractivity contribution >= 4 is 16.6 Å². The summed E-state index contributed by atoms with van der Waals surface area (Å²) in [5.41, 5.74) is -1.51. The fourth-order valence-electron chi connectivity index (χ4n) is 4.49. The van der Waals surface area contributed by atoms with Crippen molar-refractivity contribution in [3.8, 4) is 5.88 Å². The summed E-state index contributed by atoms with van der Waals surface area (Å²) in [6.45, 7) is 3.46. The van der Waals surface area contributed by atoms with Crippen LogP contribution in [-0.4, -0.2) is 29.0 Å². The summed E-state index contributed by atoms with van der Waals surface area (Å²) < 4.78 is 47.8. The van der Waals surface area contributed by atoms with Crippen LogP contribution in [-0.2, 0) is 5.41 Å². The number of hydrogen-bond donors (Lipinski definition) is 2. The summed E-state index contributed by atoms with van der Waals surface area (Å²) in [5, 5.41) is 14.7. The van der Waals surface area contributed by atoms with Gasteiger partial charge in [0.25, 0.3) is 0 Å². The molecular formula is C23H23F3N2O2. The van der Waals surface area contributed by atoms with Crippen molar-refractivity contribution in [1.82, 2.24) is 4.98 Å². The normalized spacial score (nSPS) is 23.1. The van der Waals surface area contributed by atoms with Crippen molar-refractivity contribution in [2.24, 2.45) is 0 Å². The van der Waals surface area contributed by atoms with Crippen LogP contribution in [0.3, 0.4) is 0 Å². The van der Waals surface area contributed by atoms with Crippen LogP contribution in [0.25, 0.3) is 10.9 Å². The van der Waals surface area contributed by atoms with E-state index < -0.39 is 29.7 Å². The van der Waals surface area contributed by atoms with Crippen LogP contribution in [0.15, 0.2) is 54.6 Å². The van der Waals surface area contributed by atoms with Gasteiger partial charge < -0.3 is 15.2 Å². The predicted molar refractivity (Wildman–Crippen MR) is 110 cm³/mol. The van der Waals surface area contributed by atoms with Gasteiger partial charge in [-0.3, -0.25) is 0 Å². The van der Waals surface area contributed by atoms with Crippen LogP contribution >= 0.6 is 0 Å². The number of nitrogens with zero attached hydrogens (tertiary/aromatic N) is 1. The van der Waals surface area contributed by atoms with Gasteiger partial charge in [-0.2, -0.15) is 13.2 Å². The van der Waals surface area contributed by atoms with E-state index in [4.69, 9.17) is 4.74 Å². The van der Waals surface area contributed by atoms with Gasteiger partial charge in [-0.25, -0.2) is 4.98 Å². The molecule has 30 heavy (non-hydrogen) atoms. The molecule has 0 aliphatic heterocycles. The number of pyridine rings is 1.